The molecule has 6 heteroatoms. The molecule has 0 saturated carbocycles. The van der Waals surface area contributed by atoms with Gasteiger partial charge < -0.3 is 10.6 Å². The lowest BCUT2D eigenvalue weighted by Gasteiger charge is -2.14. The van der Waals surface area contributed by atoms with Crippen LogP contribution >= 0.6 is 11.3 Å². The van der Waals surface area contributed by atoms with Crippen molar-refractivity contribution in [2.24, 2.45) is 4.99 Å². The van der Waals surface area contributed by atoms with Gasteiger partial charge in [-0.05, 0) is 19.1 Å². The summed E-state index contributed by atoms with van der Waals surface area (Å²) >= 11 is 1.68. The first-order valence-electron chi connectivity index (χ1n) is 7.86. The minimum Gasteiger partial charge on any atom is -0.357 e. The molecule has 0 aliphatic carbocycles. The number of guanidine groups is 1. The molecule has 0 saturated heterocycles. The van der Waals surface area contributed by atoms with Crippen molar-refractivity contribution in [3.63, 3.8) is 0 Å². The van der Waals surface area contributed by atoms with Crippen LogP contribution in [-0.4, -0.2) is 22.5 Å². The quantitative estimate of drug-likeness (QED) is 0.653. The van der Waals surface area contributed by atoms with Gasteiger partial charge in [-0.2, -0.15) is 0 Å². The zero-order chi connectivity index (χ0) is 16.7. The van der Waals surface area contributed by atoms with Gasteiger partial charge in [0, 0.05) is 23.5 Å². The molecular weight excluding hydrogens is 306 g/mol. The Morgan fingerprint density at radius 2 is 2.09 bits per heavy atom. The van der Waals surface area contributed by atoms with Gasteiger partial charge in [-0.1, -0.05) is 26.8 Å². The Hall–Kier alpha value is -1.95. The number of hydrogen-bond acceptors (Lipinski definition) is 4. The molecule has 0 unspecified atom stereocenters. The highest BCUT2D eigenvalue weighted by Crippen LogP contribution is 2.23. The summed E-state index contributed by atoms with van der Waals surface area (Å²) in [4.78, 5) is 13.5. The average molecular weight is 331 g/mol. The van der Waals surface area contributed by atoms with Gasteiger partial charge in [-0.25, -0.2) is 9.98 Å². The smallest absolute Gasteiger partial charge is 0.191 e. The van der Waals surface area contributed by atoms with Crippen LogP contribution in [0.3, 0.4) is 0 Å². The maximum Gasteiger partial charge on any atom is 0.191 e. The molecule has 23 heavy (non-hydrogen) atoms. The molecule has 2 heterocycles. The highest BCUT2D eigenvalue weighted by Gasteiger charge is 2.17. The van der Waals surface area contributed by atoms with E-state index in [1.165, 1.54) is 0 Å². The number of pyridine rings is 1. The molecule has 124 valence electrons. The van der Waals surface area contributed by atoms with Crippen molar-refractivity contribution >= 4 is 17.3 Å². The fourth-order valence-corrected chi connectivity index (χ4v) is 2.85. The van der Waals surface area contributed by atoms with Crippen LogP contribution in [0.2, 0.25) is 0 Å². The molecule has 0 bridgehead atoms. The Morgan fingerprint density at radius 1 is 1.26 bits per heavy atom. The summed E-state index contributed by atoms with van der Waals surface area (Å²) in [7, 11) is 0. The Labute approximate surface area is 142 Å². The van der Waals surface area contributed by atoms with E-state index in [1.807, 2.05) is 18.2 Å². The summed E-state index contributed by atoms with van der Waals surface area (Å²) in [5.41, 5.74) is 2.18. The standard InChI is InChI=1S/C17H25N5S/c1-5-18-16(20-10-13-8-6-7-9-19-13)21-11-15-22-14(12-23-15)17(2,3)4/h6-9,12H,5,10-11H2,1-4H3,(H2,18,20,21). The van der Waals surface area contributed by atoms with E-state index in [9.17, 15) is 0 Å². The lowest BCUT2D eigenvalue weighted by molar-refractivity contribution is 0.570. The van der Waals surface area contributed by atoms with E-state index in [1.54, 1.807) is 17.5 Å². The second kappa shape index (κ2) is 8.06. The van der Waals surface area contributed by atoms with Gasteiger partial charge in [0.05, 0.1) is 24.5 Å². The first kappa shape index (κ1) is 17.4. The van der Waals surface area contributed by atoms with Gasteiger partial charge in [0.2, 0.25) is 0 Å². The summed E-state index contributed by atoms with van der Waals surface area (Å²) in [5.74, 6) is 0.783. The fourth-order valence-electron chi connectivity index (χ4n) is 1.89. The van der Waals surface area contributed by atoms with Crippen LogP contribution in [0.5, 0.6) is 0 Å². The van der Waals surface area contributed by atoms with Crippen LogP contribution in [0.4, 0.5) is 0 Å². The van der Waals surface area contributed by atoms with Gasteiger partial charge in [-0.15, -0.1) is 11.3 Å². The number of nitrogens with one attached hydrogen (secondary N) is 2. The number of aliphatic imine (C=N–C) groups is 1. The molecule has 2 N–H and O–H groups in total. The molecule has 0 fully saturated rings. The lowest BCUT2D eigenvalue weighted by Crippen LogP contribution is -2.36. The van der Waals surface area contributed by atoms with E-state index >= 15 is 0 Å². The molecule has 0 aromatic carbocycles. The number of thiazole rings is 1. The molecular formula is C17H25N5S. The van der Waals surface area contributed by atoms with Crippen molar-refractivity contribution in [3.8, 4) is 0 Å². The largest absolute Gasteiger partial charge is 0.357 e. The minimum absolute atomic E-state index is 0.0896. The first-order valence-corrected chi connectivity index (χ1v) is 8.74. The van der Waals surface area contributed by atoms with Crippen LogP contribution in [0.1, 0.15) is 44.1 Å². The number of rotatable bonds is 5. The van der Waals surface area contributed by atoms with Gasteiger partial charge >= 0.3 is 0 Å². The third kappa shape index (κ3) is 5.63. The third-order valence-electron chi connectivity index (χ3n) is 3.20. The van der Waals surface area contributed by atoms with E-state index < -0.39 is 0 Å². The molecule has 0 radical (unpaired) electrons. The second-order valence-electron chi connectivity index (χ2n) is 6.25. The summed E-state index contributed by atoms with van der Waals surface area (Å²) in [5, 5.41) is 9.78. The normalized spacial score (nSPS) is 12.3. The van der Waals surface area contributed by atoms with Crippen molar-refractivity contribution in [1.82, 2.24) is 20.6 Å². The molecule has 2 aromatic heterocycles. The summed E-state index contributed by atoms with van der Waals surface area (Å²) in [6.07, 6.45) is 1.79. The molecule has 5 nitrogen and oxygen atoms in total. The van der Waals surface area contributed by atoms with Crippen molar-refractivity contribution in [3.05, 3.63) is 46.2 Å². The fraction of sp³-hybridized carbons (Fsp3) is 0.471. The molecule has 0 aliphatic heterocycles. The average Bonchev–Trinajstić information content (AvgIpc) is 3.00. The van der Waals surface area contributed by atoms with Crippen molar-refractivity contribution in [2.75, 3.05) is 6.54 Å². The minimum atomic E-state index is 0.0896. The number of nitrogens with zero attached hydrogens (tertiary/aromatic N) is 3. The van der Waals surface area contributed by atoms with Crippen LogP contribution in [0.15, 0.2) is 34.8 Å². The van der Waals surface area contributed by atoms with Crippen molar-refractivity contribution in [2.45, 2.75) is 46.2 Å². The summed E-state index contributed by atoms with van der Waals surface area (Å²) in [6.45, 7) is 10.6. The Morgan fingerprint density at radius 3 is 2.70 bits per heavy atom. The van der Waals surface area contributed by atoms with Crippen LogP contribution in [0.25, 0.3) is 0 Å². The Kier molecular flexibility index (Phi) is 6.10. The molecule has 0 atom stereocenters. The van der Waals surface area contributed by atoms with E-state index in [-0.39, 0.29) is 5.41 Å². The van der Waals surface area contributed by atoms with Crippen LogP contribution < -0.4 is 10.6 Å². The summed E-state index contributed by atoms with van der Waals surface area (Å²) < 4.78 is 0. The Bertz CT molecular complexity index is 628. The van der Waals surface area contributed by atoms with E-state index in [4.69, 9.17) is 4.98 Å². The monoisotopic (exact) mass is 331 g/mol. The van der Waals surface area contributed by atoms with Crippen molar-refractivity contribution in [1.29, 1.82) is 0 Å². The first-order chi connectivity index (χ1) is 11.0. The SMILES string of the molecule is CCNC(=NCc1ccccn1)NCc1nc(C(C)(C)C)cs1. The maximum atomic E-state index is 4.69. The zero-order valence-electron chi connectivity index (χ0n) is 14.3. The zero-order valence-corrected chi connectivity index (χ0v) is 15.1. The number of aromatic nitrogens is 2. The highest BCUT2D eigenvalue weighted by atomic mass is 32.1. The van der Waals surface area contributed by atoms with E-state index in [0.717, 1.165) is 28.9 Å². The molecule has 0 spiro atoms. The predicted octanol–water partition coefficient (Wildman–Crippen LogP) is 3.09. The van der Waals surface area contributed by atoms with Crippen LogP contribution in [0, 0.1) is 0 Å². The molecule has 2 rings (SSSR count). The molecule has 2 aromatic rings. The van der Waals surface area contributed by atoms with Crippen LogP contribution in [-0.2, 0) is 18.5 Å². The predicted molar refractivity (Wildman–Crippen MR) is 96.7 cm³/mol. The Balaban J connectivity index is 1.95. The molecule has 0 aliphatic rings. The van der Waals surface area contributed by atoms with Gasteiger partial charge in [0.1, 0.15) is 5.01 Å². The van der Waals surface area contributed by atoms with Gasteiger partial charge in [0.25, 0.3) is 0 Å². The lowest BCUT2D eigenvalue weighted by atomic mass is 9.93. The third-order valence-corrected chi connectivity index (χ3v) is 4.05. The second-order valence-corrected chi connectivity index (χ2v) is 7.19. The van der Waals surface area contributed by atoms with E-state index in [2.05, 4.69) is 53.7 Å². The molecule has 0 amide bonds. The maximum absolute atomic E-state index is 4.69. The van der Waals surface area contributed by atoms with Gasteiger partial charge in [-0.3, -0.25) is 4.98 Å². The van der Waals surface area contributed by atoms with E-state index in [0.29, 0.717) is 13.1 Å². The van der Waals surface area contributed by atoms with Gasteiger partial charge in [0.15, 0.2) is 5.96 Å². The topological polar surface area (TPSA) is 62.2 Å². The van der Waals surface area contributed by atoms with Crippen molar-refractivity contribution < 1.29 is 0 Å². The summed E-state index contributed by atoms with van der Waals surface area (Å²) in [6, 6.07) is 5.86. The highest BCUT2D eigenvalue weighted by molar-refractivity contribution is 7.09. The number of hydrogen-bond donors (Lipinski definition) is 2.